The summed E-state index contributed by atoms with van der Waals surface area (Å²) >= 11 is 0. The number of nitrogens with zero attached hydrogens (tertiary/aromatic N) is 3. The molecule has 1 atom stereocenters. The van der Waals surface area contributed by atoms with E-state index in [2.05, 4.69) is 5.10 Å². The molecule has 39 heavy (non-hydrogen) atoms. The standard InChI is InChI=1S/C29H28FN3O6/c1-36-14-13-32(29(35)19-7-10-21(37-2)11-8-19)17-28(34)33-25(20-9-12-26-27(15-20)39-18-38-26)16-24(31-33)22-5-3-4-6-23(22)30/h3-12,15,25H,13-14,16-18H2,1-2H3/t25-/m0/s1. The highest BCUT2D eigenvalue weighted by Gasteiger charge is 2.36. The lowest BCUT2D eigenvalue weighted by Gasteiger charge is -2.27. The predicted molar refractivity (Wildman–Crippen MR) is 140 cm³/mol. The average molecular weight is 534 g/mol. The van der Waals surface area contributed by atoms with E-state index >= 15 is 0 Å². The molecule has 9 nitrogen and oxygen atoms in total. The Morgan fingerprint density at radius 3 is 2.56 bits per heavy atom. The van der Waals surface area contributed by atoms with Crippen LogP contribution in [0.2, 0.25) is 0 Å². The molecule has 0 unspecified atom stereocenters. The van der Waals surface area contributed by atoms with E-state index in [1.807, 2.05) is 6.07 Å². The lowest BCUT2D eigenvalue weighted by Crippen LogP contribution is -2.42. The number of ether oxygens (including phenoxy) is 4. The lowest BCUT2D eigenvalue weighted by atomic mass is 9.97. The third-order valence-corrected chi connectivity index (χ3v) is 6.65. The Kier molecular flexibility index (Phi) is 7.74. The van der Waals surface area contributed by atoms with Gasteiger partial charge in [-0.15, -0.1) is 0 Å². The highest BCUT2D eigenvalue weighted by molar-refractivity contribution is 6.04. The number of fused-ring (bicyclic) bond motifs is 1. The van der Waals surface area contributed by atoms with E-state index in [1.165, 1.54) is 23.1 Å². The van der Waals surface area contributed by atoms with Crippen LogP contribution in [0, 0.1) is 5.82 Å². The molecule has 5 rings (SSSR count). The molecule has 0 fully saturated rings. The van der Waals surface area contributed by atoms with Gasteiger partial charge in [0.25, 0.3) is 11.8 Å². The minimum Gasteiger partial charge on any atom is -0.497 e. The van der Waals surface area contributed by atoms with Crippen LogP contribution in [0.15, 0.2) is 71.8 Å². The summed E-state index contributed by atoms with van der Waals surface area (Å²) in [6, 6.07) is 17.9. The summed E-state index contributed by atoms with van der Waals surface area (Å²) in [5.41, 5.74) is 1.93. The van der Waals surface area contributed by atoms with Gasteiger partial charge in [0.15, 0.2) is 11.5 Å². The number of methoxy groups -OCH3 is 2. The number of benzene rings is 3. The molecular formula is C29H28FN3O6. The summed E-state index contributed by atoms with van der Waals surface area (Å²) in [4.78, 5) is 28.5. The van der Waals surface area contributed by atoms with Gasteiger partial charge >= 0.3 is 0 Å². The van der Waals surface area contributed by atoms with Crippen molar-refractivity contribution in [3.8, 4) is 17.2 Å². The van der Waals surface area contributed by atoms with E-state index in [0.29, 0.717) is 34.1 Å². The molecule has 0 saturated carbocycles. The second-order valence-electron chi connectivity index (χ2n) is 9.05. The van der Waals surface area contributed by atoms with Crippen LogP contribution in [0.4, 0.5) is 4.39 Å². The second kappa shape index (κ2) is 11.5. The van der Waals surface area contributed by atoms with Crippen LogP contribution < -0.4 is 14.2 Å². The normalized spacial score (nSPS) is 15.7. The molecule has 0 saturated heterocycles. The lowest BCUT2D eigenvalue weighted by molar-refractivity contribution is -0.133. The van der Waals surface area contributed by atoms with E-state index in [1.54, 1.807) is 61.7 Å². The van der Waals surface area contributed by atoms with Crippen molar-refractivity contribution in [2.75, 3.05) is 40.7 Å². The van der Waals surface area contributed by atoms with Gasteiger partial charge in [-0.05, 0) is 48.0 Å². The van der Waals surface area contributed by atoms with Gasteiger partial charge in [-0.1, -0.05) is 24.3 Å². The van der Waals surface area contributed by atoms with Gasteiger partial charge in [0.05, 0.1) is 25.5 Å². The zero-order valence-electron chi connectivity index (χ0n) is 21.6. The van der Waals surface area contributed by atoms with Gasteiger partial charge in [-0.2, -0.15) is 5.10 Å². The smallest absolute Gasteiger partial charge is 0.262 e. The Labute approximate surface area is 225 Å². The van der Waals surface area contributed by atoms with Gasteiger partial charge in [0.2, 0.25) is 6.79 Å². The first-order chi connectivity index (χ1) is 19.0. The number of amides is 2. The molecule has 2 aliphatic heterocycles. The maximum absolute atomic E-state index is 14.7. The van der Waals surface area contributed by atoms with E-state index in [4.69, 9.17) is 18.9 Å². The van der Waals surface area contributed by atoms with Crippen LogP contribution in [0.3, 0.4) is 0 Å². The van der Waals surface area contributed by atoms with Gasteiger partial charge in [-0.25, -0.2) is 9.40 Å². The maximum Gasteiger partial charge on any atom is 0.262 e. The van der Waals surface area contributed by atoms with Crippen molar-refractivity contribution in [1.29, 1.82) is 0 Å². The quantitative estimate of drug-likeness (QED) is 0.413. The van der Waals surface area contributed by atoms with Crippen molar-refractivity contribution < 1.29 is 32.9 Å². The molecule has 2 amide bonds. The van der Waals surface area contributed by atoms with Crippen LogP contribution in [0.5, 0.6) is 17.2 Å². The highest BCUT2D eigenvalue weighted by Crippen LogP contribution is 2.39. The Morgan fingerprint density at radius 2 is 1.82 bits per heavy atom. The SMILES string of the molecule is COCCN(CC(=O)N1N=C(c2ccccc2F)C[C@H]1c1ccc2c(c1)OCO2)C(=O)c1ccc(OC)cc1. The molecule has 2 heterocycles. The third-order valence-electron chi connectivity index (χ3n) is 6.65. The number of carbonyl (C=O) groups is 2. The first-order valence-corrected chi connectivity index (χ1v) is 12.4. The fraction of sp³-hybridized carbons (Fsp3) is 0.276. The van der Waals surface area contributed by atoms with E-state index < -0.39 is 17.8 Å². The molecular weight excluding hydrogens is 505 g/mol. The number of halogens is 1. The first kappa shape index (κ1) is 26.2. The van der Waals surface area contributed by atoms with Crippen molar-refractivity contribution in [3.05, 3.63) is 89.2 Å². The number of hydrazone groups is 1. The molecule has 3 aromatic carbocycles. The first-order valence-electron chi connectivity index (χ1n) is 12.4. The van der Waals surface area contributed by atoms with Gasteiger partial charge in [0, 0.05) is 31.2 Å². The summed E-state index contributed by atoms with van der Waals surface area (Å²) in [6.07, 6.45) is 0.289. The van der Waals surface area contributed by atoms with Crippen LogP contribution in [0.25, 0.3) is 0 Å². The van der Waals surface area contributed by atoms with E-state index in [-0.39, 0.29) is 38.8 Å². The van der Waals surface area contributed by atoms with Crippen molar-refractivity contribution in [3.63, 3.8) is 0 Å². The summed E-state index contributed by atoms with van der Waals surface area (Å²) in [5.74, 6) is 0.620. The number of hydrogen-bond acceptors (Lipinski definition) is 7. The molecule has 0 aromatic heterocycles. The third kappa shape index (κ3) is 5.56. The summed E-state index contributed by atoms with van der Waals surface area (Å²) in [7, 11) is 3.07. The Bertz CT molecular complexity index is 1390. The van der Waals surface area contributed by atoms with E-state index in [0.717, 1.165) is 5.56 Å². The van der Waals surface area contributed by atoms with Crippen molar-refractivity contribution in [2.45, 2.75) is 12.5 Å². The summed E-state index contributed by atoms with van der Waals surface area (Å²) in [5, 5.41) is 5.89. The maximum atomic E-state index is 14.7. The minimum absolute atomic E-state index is 0.116. The molecule has 0 bridgehead atoms. The van der Waals surface area contributed by atoms with Crippen molar-refractivity contribution in [1.82, 2.24) is 9.91 Å². The van der Waals surface area contributed by atoms with Crippen molar-refractivity contribution >= 4 is 17.5 Å². The molecule has 202 valence electrons. The predicted octanol–water partition coefficient (Wildman–Crippen LogP) is 4.03. The van der Waals surface area contributed by atoms with Gasteiger partial charge < -0.3 is 23.8 Å². The average Bonchev–Trinajstić information content (AvgIpc) is 3.62. The zero-order chi connectivity index (χ0) is 27.4. The molecule has 2 aliphatic rings. The van der Waals surface area contributed by atoms with Gasteiger partial charge in [0.1, 0.15) is 18.1 Å². The number of hydrogen-bond donors (Lipinski definition) is 0. The molecule has 0 aliphatic carbocycles. The minimum atomic E-state index is -0.526. The molecule has 10 heteroatoms. The topological polar surface area (TPSA) is 89.9 Å². The molecule has 0 spiro atoms. The highest BCUT2D eigenvalue weighted by atomic mass is 19.1. The second-order valence-corrected chi connectivity index (χ2v) is 9.05. The fourth-order valence-electron chi connectivity index (χ4n) is 4.58. The summed E-state index contributed by atoms with van der Waals surface area (Å²) in [6.45, 7) is 0.304. The Hall–Kier alpha value is -4.44. The molecule has 0 N–H and O–H groups in total. The summed E-state index contributed by atoms with van der Waals surface area (Å²) < 4.78 is 36.0. The van der Waals surface area contributed by atoms with Crippen LogP contribution in [0.1, 0.15) is 33.9 Å². The van der Waals surface area contributed by atoms with Crippen molar-refractivity contribution in [2.24, 2.45) is 5.10 Å². The number of rotatable bonds is 9. The van der Waals surface area contributed by atoms with Crippen LogP contribution >= 0.6 is 0 Å². The molecule has 3 aromatic rings. The van der Waals surface area contributed by atoms with Crippen LogP contribution in [-0.4, -0.2) is 68.1 Å². The van der Waals surface area contributed by atoms with Gasteiger partial charge in [-0.3, -0.25) is 9.59 Å². The Morgan fingerprint density at radius 1 is 1.05 bits per heavy atom. The molecule has 0 radical (unpaired) electrons. The monoisotopic (exact) mass is 533 g/mol. The van der Waals surface area contributed by atoms with E-state index in [9.17, 15) is 14.0 Å². The zero-order valence-corrected chi connectivity index (χ0v) is 21.6. The largest absolute Gasteiger partial charge is 0.497 e. The Balaban J connectivity index is 1.44. The van der Waals surface area contributed by atoms with Crippen LogP contribution in [-0.2, 0) is 9.53 Å². The fourth-order valence-corrected chi connectivity index (χ4v) is 4.58. The number of carbonyl (C=O) groups excluding carboxylic acids is 2.